The molecule has 0 fully saturated rings. The molecular weight excluding hydrogens is 416 g/mol. The molecule has 0 amide bonds. The molecule has 0 saturated heterocycles. The molecule has 0 rings (SSSR count). The minimum atomic E-state index is -0.836. The van der Waals surface area contributed by atoms with Crippen molar-refractivity contribution < 1.29 is 25.2 Å². The zero-order valence-corrected chi connectivity index (χ0v) is 20.7. The number of hydrogen-bond acceptors (Lipinski definition) is 4. The van der Waals surface area contributed by atoms with Crippen molar-refractivity contribution in [2.75, 3.05) is 0 Å². The molecule has 0 saturated carbocycles. The van der Waals surface area contributed by atoms with E-state index in [1.807, 2.05) is 12.2 Å². The molecular formula is C28H48O5. The van der Waals surface area contributed by atoms with Crippen molar-refractivity contribution in [2.24, 2.45) is 0 Å². The second kappa shape index (κ2) is 23.5. The molecule has 0 aliphatic carbocycles. The smallest absolute Gasteiger partial charge is 0.303 e. The Hall–Kier alpha value is -1.69. The zero-order chi connectivity index (χ0) is 24.6. The van der Waals surface area contributed by atoms with Gasteiger partial charge in [0.2, 0.25) is 0 Å². The molecule has 0 aromatic carbocycles. The fourth-order valence-corrected chi connectivity index (χ4v) is 3.35. The number of carboxylic acid groups (broad SMARTS) is 1. The summed E-state index contributed by atoms with van der Waals surface area (Å²) in [6.07, 6.45) is 26.9. The number of unbranched alkanes of at least 4 members (excludes halogenated alkanes) is 6. The minimum Gasteiger partial charge on any atom is -0.481 e. The highest BCUT2D eigenvalue weighted by atomic mass is 16.4. The number of aliphatic hydroxyl groups is 3. The Morgan fingerprint density at radius 3 is 1.91 bits per heavy atom. The maximum absolute atomic E-state index is 10.4. The normalized spacial score (nSPS) is 15.3. The van der Waals surface area contributed by atoms with Crippen LogP contribution in [0.25, 0.3) is 0 Å². The molecule has 0 aliphatic heterocycles. The van der Waals surface area contributed by atoms with Crippen molar-refractivity contribution in [3.8, 4) is 0 Å². The zero-order valence-electron chi connectivity index (χ0n) is 20.7. The van der Waals surface area contributed by atoms with Gasteiger partial charge in [0.05, 0.1) is 18.3 Å². The molecule has 4 N–H and O–H groups in total. The lowest BCUT2D eigenvalue weighted by Crippen LogP contribution is -2.16. The first kappa shape index (κ1) is 31.3. The first-order valence-electron chi connectivity index (χ1n) is 12.8. The molecule has 0 bridgehead atoms. The fourth-order valence-electron chi connectivity index (χ4n) is 3.35. The molecule has 0 heterocycles. The SMILES string of the molecule is CCCCCC=CCCCCC=CCC(O)C=CCCC(O)CC(O)CC=CCCC(=O)O. The standard InChI is InChI=1S/C28H48O5/c1-2-3-4-5-6-7-8-9-10-11-12-14-19-25(29)20-17-18-22-27(31)24-26(30)21-15-13-16-23-28(32)33/h6-7,12-15,17,20,25-27,29-31H,2-5,8-11,16,18-19,21-24H2,1H3,(H,32,33). The summed E-state index contributed by atoms with van der Waals surface area (Å²) in [5.74, 6) is -0.836. The molecule has 3 unspecified atom stereocenters. The maximum atomic E-state index is 10.4. The third-order valence-corrected chi connectivity index (χ3v) is 5.35. The van der Waals surface area contributed by atoms with Crippen molar-refractivity contribution in [3.05, 3.63) is 48.6 Å². The monoisotopic (exact) mass is 464 g/mol. The van der Waals surface area contributed by atoms with Crippen LogP contribution in [0.15, 0.2) is 48.6 Å². The van der Waals surface area contributed by atoms with Crippen LogP contribution in [0.3, 0.4) is 0 Å². The molecule has 3 atom stereocenters. The van der Waals surface area contributed by atoms with E-state index in [0.717, 1.165) is 12.8 Å². The van der Waals surface area contributed by atoms with E-state index in [1.54, 1.807) is 18.2 Å². The van der Waals surface area contributed by atoms with E-state index < -0.39 is 24.3 Å². The lowest BCUT2D eigenvalue weighted by atomic mass is 10.0. The van der Waals surface area contributed by atoms with Crippen LogP contribution in [0.2, 0.25) is 0 Å². The highest BCUT2D eigenvalue weighted by Crippen LogP contribution is 2.10. The Bertz CT molecular complexity index is 565. The Morgan fingerprint density at radius 1 is 0.697 bits per heavy atom. The topological polar surface area (TPSA) is 98.0 Å². The lowest BCUT2D eigenvalue weighted by molar-refractivity contribution is -0.136. The lowest BCUT2D eigenvalue weighted by Gasteiger charge is -2.13. The highest BCUT2D eigenvalue weighted by molar-refractivity contribution is 5.66. The van der Waals surface area contributed by atoms with Gasteiger partial charge < -0.3 is 20.4 Å². The van der Waals surface area contributed by atoms with Gasteiger partial charge in [-0.2, -0.15) is 0 Å². The molecule has 5 heteroatoms. The second-order valence-corrected chi connectivity index (χ2v) is 8.71. The van der Waals surface area contributed by atoms with Crippen molar-refractivity contribution in [2.45, 2.75) is 122 Å². The number of aliphatic hydroxyl groups excluding tert-OH is 3. The fraction of sp³-hybridized carbons (Fsp3) is 0.679. The maximum Gasteiger partial charge on any atom is 0.303 e. The van der Waals surface area contributed by atoms with E-state index in [0.29, 0.717) is 32.1 Å². The van der Waals surface area contributed by atoms with Crippen LogP contribution in [0.4, 0.5) is 0 Å². The van der Waals surface area contributed by atoms with Crippen LogP contribution in [-0.2, 0) is 4.79 Å². The summed E-state index contributed by atoms with van der Waals surface area (Å²) in [6, 6.07) is 0. The van der Waals surface area contributed by atoms with Gasteiger partial charge in [0.1, 0.15) is 0 Å². The van der Waals surface area contributed by atoms with Gasteiger partial charge in [-0.3, -0.25) is 4.79 Å². The molecule has 0 spiro atoms. The Morgan fingerprint density at radius 2 is 1.27 bits per heavy atom. The number of aliphatic carboxylic acids is 1. The van der Waals surface area contributed by atoms with Gasteiger partial charge in [-0.25, -0.2) is 0 Å². The van der Waals surface area contributed by atoms with E-state index in [2.05, 4.69) is 25.2 Å². The third kappa shape index (κ3) is 24.8. The number of hydrogen-bond donors (Lipinski definition) is 4. The molecule has 0 radical (unpaired) electrons. The predicted octanol–water partition coefficient (Wildman–Crippen LogP) is 6.25. The van der Waals surface area contributed by atoms with Crippen LogP contribution in [-0.4, -0.2) is 44.7 Å². The van der Waals surface area contributed by atoms with Crippen molar-refractivity contribution in [3.63, 3.8) is 0 Å². The van der Waals surface area contributed by atoms with Crippen molar-refractivity contribution in [1.29, 1.82) is 0 Å². The van der Waals surface area contributed by atoms with E-state index in [9.17, 15) is 20.1 Å². The van der Waals surface area contributed by atoms with Gasteiger partial charge in [0.25, 0.3) is 0 Å². The van der Waals surface area contributed by atoms with Crippen LogP contribution >= 0.6 is 0 Å². The minimum absolute atomic E-state index is 0.0837. The summed E-state index contributed by atoms with van der Waals surface area (Å²) < 4.78 is 0. The third-order valence-electron chi connectivity index (χ3n) is 5.35. The summed E-state index contributed by atoms with van der Waals surface area (Å²) in [6.45, 7) is 2.23. The average Bonchev–Trinajstić information content (AvgIpc) is 2.77. The second-order valence-electron chi connectivity index (χ2n) is 8.71. The predicted molar refractivity (Wildman–Crippen MR) is 137 cm³/mol. The van der Waals surface area contributed by atoms with Gasteiger partial charge >= 0.3 is 5.97 Å². The number of carboxylic acids is 1. The summed E-state index contributed by atoms with van der Waals surface area (Å²) >= 11 is 0. The van der Waals surface area contributed by atoms with Gasteiger partial charge in [-0.05, 0) is 77.0 Å². The molecule has 0 aliphatic rings. The number of rotatable bonds is 22. The Balaban J connectivity index is 3.70. The summed E-state index contributed by atoms with van der Waals surface area (Å²) in [7, 11) is 0. The molecule has 0 aromatic rings. The van der Waals surface area contributed by atoms with E-state index >= 15 is 0 Å². The summed E-state index contributed by atoms with van der Waals surface area (Å²) in [5.41, 5.74) is 0. The quantitative estimate of drug-likeness (QED) is 0.112. The van der Waals surface area contributed by atoms with Gasteiger partial charge in [-0.15, -0.1) is 0 Å². The van der Waals surface area contributed by atoms with E-state index in [-0.39, 0.29) is 12.8 Å². The van der Waals surface area contributed by atoms with Gasteiger partial charge in [0, 0.05) is 6.42 Å². The highest BCUT2D eigenvalue weighted by Gasteiger charge is 2.10. The number of allylic oxidation sites excluding steroid dienone is 5. The van der Waals surface area contributed by atoms with Crippen molar-refractivity contribution in [1.82, 2.24) is 0 Å². The molecule has 33 heavy (non-hydrogen) atoms. The van der Waals surface area contributed by atoms with E-state index in [1.165, 1.54) is 38.5 Å². The van der Waals surface area contributed by atoms with Crippen LogP contribution in [0.1, 0.15) is 103 Å². The molecule has 190 valence electrons. The van der Waals surface area contributed by atoms with E-state index in [4.69, 9.17) is 5.11 Å². The Kier molecular flexibility index (Phi) is 22.3. The first-order valence-corrected chi connectivity index (χ1v) is 12.8. The largest absolute Gasteiger partial charge is 0.481 e. The van der Waals surface area contributed by atoms with Crippen LogP contribution in [0.5, 0.6) is 0 Å². The number of carbonyl (C=O) groups is 1. The average molecular weight is 465 g/mol. The molecule has 5 nitrogen and oxygen atoms in total. The summed E-state index contributed by atoms with van der Waals surface area (Å²) in [4.78, 5) is 10.4. The first-order chi connectivity index (χ1) is 16.0. The van der Waals surface area contributed by atoms with Gasteiger partial charge in [-0.1, -0.05) is 68.4 Å². The molecule has 0 aromatic heterocycles. The van der Waals surface area contributed by atoms with Crippen molar-refractivity contribution >= 4 is 5.97 Å². The van der Waals surface area contributed by atoms with Gasteiger partial charge in [0.15, 0.2) is 0 Å². The summed E-state index contributed by atoms with van der Waals surface area (Å²) in [5, 5.41) is 38.5. The Labute approximate surface area is 201 Å². The van der Waals surface area contributed by atoms with Crippen LogP contribution < -0.4 is 0 Å². The van der Waals surface area contributed by atoms with Crippen LogP contribution in [0, 0.1) is 0 Å².